The third kappa shape index (κ3) is 4.30. The summed E-state index contributed by atoms with van der Waals surface area (Å²) in [7, 11) is -1.47. The number of amides is 2. The van der Waals surface area contributed by atoms with Crippen LogP contribution in [-0.2, 0) is 19.0 Å². The number of carbonyl (C=O) groups excluding carboxylic acids is 2. The van der Waals surface area contributed by atoms with E-state index in [4.69, 9.17) is 9.39 Å². The van der Waals surface area contributed by atoms with Crippen molar-refractivity contribution in [1.82, 2.24) is 0 Å². The monoisotopic (exact) mass is 505 g/mol. The molecule has 11 heteroatoms. The summed E-state index contributed by atoms with van der Waals surface area (Å²) in [5.41, 5.74) is 3.93. The molecule has 5 rings (SSSR count). The zero-order chi connectivity index (χ0) is 26.6. The van der Waals surface area contributed by atoms with Gasteiger partial charge in [0.1, 0.15) is 5.75 Å². The third-order valence-corrected chi connectivity index (χ3v) is 7.84. The van der Waals surface area contributed by atoms with E-state index in [9.17, 15) is 29.8 Å². The fourth-order valence-corrected chi connectivity index (χ4v) is 6.19. The van der Waals surface area contributed by atoms with Crippen LogP contribution >= 0.6 is 0 Å². The Morgan fingerprint density at radius 1 is 1.11 bits per heavy atom. The molecule has 0 radical (unpaired) electrons. The first kappa shape index (κ1) is 25.7. The van der Waals surface area contributed by atoms with E-state index in [-0.39, 0.29) is 41.7 Å². The number of ether oxygens (including phenoxy) is 1. The highest BCUT2D eigenvalue weighted by atomic mass is 16.5. The Bertz CT molecular complexity index is 1270. The Labute approximate surface area is 215 Å². The highest BCUT2D eigenvalue weighted by Crippen LogP contribution is 2.52. The van der Waals surface area contributed by atoms with Crippen LogP contribution in [0.5, 0.6) is 5.75 Å². The van der Waals surface area contributed by atoms with Crippen molar-refractivity contribution < 1.29 is 39.2 Å². The van der Waals surface area contributed by atoms with Crippen LogP contribution in [-0.4, -0.2) is 59.9 Å². The number of phenolic OH excluding ortho intramolecular Hbond substituents is 1. The first-order valence-corrected chi connectivity index (χ1v) is 12.3. The number of hydrogen-bond acceptors (Lipinski definition) is 8. The number of aromatic hydroxyl groups is 1. The zero-order valence-corrected chi connectivity index (χ0v) is 20.9. The summed E-state index contributed by atoms with van der Waals surface area (Å²) in [6, 6.07) is 9.70. The molecule has 2 aromatic rings. The average molecular weight is 505 g/mol. The first-order chi connectivity index (χ1) is 17.6. The lowest BCUT2D eigenvalue weighted by atomic mass is 9.55. The SMILES string of the molecule is COCC1=C2B(O)O[C@H](c3cc(C)c(O)c(C)c3)C[C@H]2[C@H]2C(=O)N(c3cccc(B(O)O)c3)C(=O)[C@H]2C1. The van der Waals surface area contributed by atoms with E-state index < -0.39 is 38.1 Å². The Balaban J connectivity index is 1.55. The van der Waals surface area contributed by atoms with Gasteiger partial charge in [-0.2, -0.15) is 0 Å². The minimum atomic E-state index is -1.74. The van der Waals surface area contributed by atoms with E-state index in [0.29, 0.717) is 23.0 Å². The van der Waals surface area contributed by atoms with Crippen molar-refractivity contribution in [2.24, 2.45) is 17.8 Å². The van der Waals surface area contributed by atoms with Crippen molar-refractivity contribution in [1.29, 1.82) is 0 Å². The van der Waals surface area contributed by atoms with Crippen LogP contribution in [0.15, 0.2) is 47.4 Å². The van der Waals surface area contributed by atoms with Crippen molar-refractivity contribution >= 4 is 37.2 Å². The van der Waals surface area contributed by atoms with E-state index in [0.717, 1.165) is 16.0 Å². The van der Waals surface area contributed by atoms with Gasteiger partial charge in [0.25, 0.3) is 0 Å². The van der Waals surface area contributed by atoms with Crippen molar-refractivity contribution in [2.45, 2.75) is 32.8 Å². The molecule has 2 aliphatic heterocycles. The number of hydrogen-bond donors (Lipinski definition) is 4. The minimum Gasteiger partial charge on any atom is -0.507 e. The molecule has 0 spiro atoms. The van der Waals surface area contributed by atoms with E-state index in [1.807, 2.05) is 12.1 Å². The molecule has 1 aliphatic carbocycles. The van der Waals surface area contributed by atoms with Gasteiger partial charge in [-0.05, 0) is 90.1 Å². The summed E-state index contributed by atoms with van der Waals surface area (Å²) in [6.45, 7) is 3.78. The van der Waals surface area contributed by atoms with Crippen LogP contribution in [0, 0.1) is 31.6 Å². The first-order valence-electron chi connectivity index (χ1n) is 12.3. The van der Waals surface area contributed by atoms with Gasteiger partial charge in [-0.1, -0.05) is 12.1 Å². The summed E-state index contributed by atoms with van der Waals surface area (Å²) >= 11 is 0. The lowest BCUT2D eigenvalue weighted by Gasteiger charge is -2.42. The largest absolute Gasteiger partial charge is 0.507 e. The molecule has 37 heavy (non-hydrogen) atoms. The van der Waals surface area contributed by atoms with Crippen molar-refractivity contribution in [3.63, 3.8) is 0 Å². The van der Waals surface area contributed by atoms with Crippen LogP contribution in [0.3, 0.4) is 0 Å². The van der Waals surface area contributed by atoms with Crippen molar-refractivity contribution in [3.8, 4) is 5.75 Å². The van der Waals surface area contributed by atoms with Crippen molar-refractivity contribution in [2.75, 3.05) is 18.6 Å². The second-order valence-electron chi connectivity index (χ2n) is 10.1. The molecule has 2 aromatic carbocycles. The molecule has 2 heterocycles. The molecule has 0 unspecified atom stereocenters. The number of rotatable bonds is 5. The van der Waals surface area contributed by atoms with Gasteiger partial charge < -0.3 is 29.6 Å². The number of methoxy groups -OCH3 is 1. The van der Waals surface area contributed by atoms with E-state index in [1.165, 1.54) is 19.2 Å². The molecule has 2 fully saturated rings. The van der Waals surface area contributed by atoms with Gasteiger partial charge in [0, 0.05) is 7.11 Å². The van der Waals surface area contributed by atoms with E-state index >= 15 is 0 Å². The average Bonchev–Trinajstić information content (AvgIpc) is 3.11. The Morgan fingerprint density at radius 3 is 2.46 bits per heavy atom. The quantitative estimate of drug-likeness (QED) is 0.349. The predicted molar refractivity (Wildman–Crippen MR) is 137 cm³/mol. The molecule has 9 nitrogen and oxygen atoms in total. The van der Waals surface area contributed by atoms with Gasteiger partial charge in [0.2, 0.25) is 11.8 Å². The predicted octanol–water partition coefficient (Wildman–Crippen LogP) is 0.939. The van der Waals surface area contributed by atoms with E-state index in [1.54, 1.807) is 26.0 Å². The molecule has 3 aliphatic rings. The second kappa shape index (κ2) is 9.74. The van der Waals surface area contributed by atoms with Crippen LogP contribution < -0.4 is 10.4 Å². The van der Waals surface area contributed by atoms with Gasteiger partial charge in [-0.25, -0.2) is 0 Å². The normalized spacial score (nSPS) is 25.5. The van der Waals surface area contributed by atoms with Gasteiger partial charge in [0.15, 0.2) is 0 Å². The van der Waals surface area contributed by atoms with E-state index in [2.05, 4.69) is 0 Å². The number of fused-ring (bicyclic) bond motifs is 3. The van der Waals surface area contributed by atoms with Crippen LogP contribution in [0.2, 0.25) is 0 Å². The Morgan fingerprint density at radius 2 is 1.81 bits per heavy atom. The van der Waals surface area contributed by atoms with Crippen LogP contribution in [0.1, 0.15) is 35.6 Å². The highest BCUT2D eigenvalue weighted by molar-refractivity contribution is 6.58. The number of anilines is 1. The molecule has 2 amide bonds. The third-order valence-electron chi connectivity index (χ3n) is 7.84. The molecule has 0 aromatic heterocycles. The lowest BCUT2D eigenvalue weighted by molar-refractivity contribution is -0.123. The number of imide groups is 1. The number of phenols is 1. The molecular formula is C26H29B2NO8. The molecule has 4 N–H and O–H groups in total. The van der Waals surface area contributed by atoms with Gasteiger partial charge in [-0.15, -0.1) is 0 Å². The summed E-state index contributed by atoms with van der Waals surface area (Å²) in [6.07, 6.45) is 0.0808. The fraction of sp³-hybridized carbons (Fsp3) is 0.385. The second-order valence-corrected chi connectivity index (χ2v) is 10.1. The molecule has 192 valence electrons. The fourth-order valence-electron chi connectivity index (χ4n) is 6.19. The number of allylic oxidation sites excluding steroid dienone is 1. The van der Waals surface area contributed by atoms with Gasteiger partial charge >= 0.3 is 14.2 Å². The van der Waals surface area contributed by atoms with Gasteiger partial charge in [0.05, 0.1) is 30.2 Å². The topological polar surface area (TPSA) is 137 Å². The number of carbonyl (C=O) groups is 2. The van der Waals surface area contributed by atoms with Crippen molar-refractivity contribution in [3.05, 3.63) is 64.1 Å². The molecule has 2 saturated heterocycles. The smallest absolute Gasteiger partial charge is 0.488 e. The highest BCUT2D eigenvalue weighted by Gasteiger charge is 2.58. The number of aryl methyl sites for hydroxylation is 2. The summed E-state index contributed by atoms with van der Waals surface area (Å²) in [5.74, 6) is -2.34. The standard InChI is InChI=1S/C26H29B2NO8/c1-13-7-15(8-14(2)24(13)30)21-11-19-22-20(9-16(12-36-3)23(19)28(35)37-21)25(31)29(26(22)32)18-6-4-5-17(10-18)27(33)34/h4-8,10,19-22,30,33-35H,9,11-12H2,1-3H3/t19-,20-,21-,22+/m0/s1. The Kier molecular flexibility index (Phi) is 6.76. The summed E-state index contributed by atoms with van der Waals surface area (Å²) in [5, 5.41) is 40.5. The maximum absolute atomic E-state index is 13.8. The number of benzene rings is 2. The summed E-state index contributed by atoms with van der Waals surface area (Å²) < 4.78 is 11.4. The molecule has 0 saturated carbocycles. The maximum Gasteiger partial charge on any atom is 0.488 e. The van der Waals surface area contributed by atoms with Crippen LogP contribution in [0.25, 0.3) is 0 Å². The molecular weight excluding hydrogens is 476 g/mol. The lowest BCUT2D eigenvalue weighted by Crippen LogP contribution is -2.45. The molecule has 0 bridgehead atoms. The number of nitrogens with zero attached hydrogens (tertiary/aromatic N) is 1. The van der Waals surface area contributed by atoms with Gasteiger partial charge in [-0.3, -0.25) is 14.5 Å². The maximum atomic E-state index is 13.8. The Hall–Kier alpha value is -2.95. The minimum absolute atomic E-state index is 0.173. The van der Waals surface area contributed by atoms with Crippen LogP contribution in [0.4, 0.5) is 5.69 Å². The summed E-state index contributed by atoms with van der Waals surface area (Å²) in [4.78, 5) is 28.6. The zero-order valence-electron chi connectivity index (χ0n) is 20.9. The molecule has 4 atom stereocenters.